The van der Waals surface area contributed by atoms with E-state index in [0.717, 1.165) is 16.0 Å². The Morgan fingerprint density at radius 1 is 1.55 bits per heavy atom. The second-order valence-electron chi connectivity index (χ2n) is 3.86. The van der Waals surface area contributed by atoms with E-state index in [-0.39, 0.29) is 11.0 Å². The lowest BCUT2D eigenvalue weighted by Crippen LogP contribution is -1.98. The van der Waals surface area contributed by atoms with Gasteiger partial charge in [0.2, 0.25) is 10.9 Å². The van der Waals surface area contributed by atoms with Crippen LogP contribution < -0.4 is 5.32 Å². The molecular weight excluding hydrogens is 298 g/mol. The first-order valence-electron chi connectivity index (χ1n) is 6.06. The van der Waals surface area contributed by atoms with Gasteiger partial charge in [0.1, 0.15) is 5.76 Å². The van der Waals surface area contributed by atoms with Crippen LogP contribution in [-0.2, 0) is 4.74 Å². The molecule has 0 fully saturated rings. The van der Waals surface area contributed by atoms with Gasteiger partial charge in [-0.15, -0.1) is 10.2 Å². The first-order valence-corrected chi connectivity index (χ1v) is 7.75. The van der Waals surface area contributed by atoms with Crippen LogP contribution in [0.25, 0.3) is 0 Å². The topological polar surface area (TPSA) is 77.2 Å². The molecule has 2 aromatic heterocycles. The maximum Gasteiger partial charge on any atom is 0.373 e. The number of nitrogens with zero attached hydrogens (tertiary/aromatic N) is 2. The van der Waals surface area contributed by atoms with Crippen LogP contribution in [0.4, 0.5) is 5.13 Å². The number of carbonyl (C=O) groups is 1. The van der Waals surface area contributed by atoms with Gasteiger partial charge in [-0.3, -0.25) is 0 Å². The number of methoxy groups -OCH3 is 1. The van der Waals surface area contributed by atoms with Gasteiger partial charge in [-0.05, 0) is 26.0 Å². The molecule has 0 aromatic carbocycles. The third-order valence-corrected chi connectivity index (χ3v) is 4.51. The van der Waals surface area contributed by atoms with E-state index in [9.17, 15) is 4.79 Å². The summed E-state index contributed by atoms with van der Waals surface area (Å²) in [4.78, 5) is 11.3. The minimum absolute atomic E-state index is 0.0378. The number of hydrogen-bond acceptors (Lipinski definition) is 8. The van der Waals surface area contributed by atoms with Crippen LogP contribution in [0.5, 0.6) is 0 Å². The largest absolute Gasteiger partial charge is 0.463 e. The van der Waals surface area contributed by atoms with Gasteiger partial charge in [-0.25, -0.2) is 4.79 Å². The lowest BCUT2D eigenvalue weighted by atomic mass is 10.3. The molecule has 0 amide bonds. The molecule has 8 heteroatoms. The molecule has 2 rings (SSSR count). The summed E-state index contributed by atoms with van der Waals surface area (Å²) in [5.74, 6) is 0.440. The fourth-order valence-electron chi connectivity index (χ4n) is 1.47. The molecular formula is C12H15N3O3S2. The lowest BCUT2D eigenvalue weighted by Gasteiger charge is -2.04. The molecule has 0 saturated carbocycles. The number of carbonyl (C=O) groups excluding carboxylic acids is 1. The van der Waals surface area contributed by atoms with Crippen molar-refractivity contribution >= 4 is 34.2 Å². The minimum Gasteiger partial charge on any atom is -0.463 e. The van der Waals surface area contributed by atoms with E-state index in [1.807, 2.05) is 13.8 Å². The molecule has 1 atom stereocenters. The van der Waals surface area contributed by atoms with Gasteiger partial charge >= 0.3 is 5.97 Å². The molecule has 0 bridgehead atoms. The van der Waals surface area contributed by atoms with Crippen LogP contribution in [0.1, 0.15) is 35.4 Å². The quantitative estimate of drug-likeness (QED) is 0.648. The zero-order valence-corrected chi connectivity index (χ0v) is 13.0. The Bertz CT molecular complexity index is 582. The fourth-order valence-corrected chi connectivity index (χ4v) is 3.51. The number of aromatic nitrogens is 2. The Balaban J connectivity index is 2.01. The number of thioether (sulfide) groups is 1. The van der Waals surface area contributed by atoms with E-state index < -0.39 is 5.97 Å². The van der Waals surface area contributed by atoms with Gasteiger partial charge in [0.25, 0.3) is 0 Å². The summed E-state index contributed by atoms with van der Waals surface area (Å²) in [5.41, 5.74) is 0. The zero-order valence-electron chi connectivity index (χ0n) is 11.4. The summed E-state index contributed by atoms with van der Waals surface area (Å²) in [6.45, 7) is 4.81. The minimum atomic E-state index is -0.473. The standard InChI is InChI=1S/C12H15N3O3S2/c1-4-13-11-14-15-12(20-11)19-7(2)8-5-6-9(18-8)10(16)17-3/h5-7H,4H2,1-3H3,(H,13,14). The maximum atomic E-state index is 11.3. The lowest BCUT2D eigenvalue weighted by molar-refractivity contribution is 0.0563. The molecule has 0 radical (unpaired) electrons. The summed E-state index contributed by atoms with van der Waals surface area (Å²) in [7, 11) is 1.33. The van der Waals surface area contributed by atoms with E-state index in [1.54, 1.807) is 12.1 Å². The monoisotopic (exact) mass is 313 g/mol. The van der Waals surface area contributed by atoms with Gasteiger partial charge in [-0.2, -0.15) is 0 Å². The molecule has 2 heterocycles. The van der Waals surface area contributed by atoms with E-state index >= 15 is 0 Å². The van der Waals surface area contributed by atoms with E-state index in [1.165, 1.54) is 30.2 Å². The summed E-state index contributed by atoms with van der Waals surface area (Å²) >= 11 is 3.03. The number of furan rings is 1. The second-order valence-corrected chi connectivity index (χ2v) is 6.42. The summed E-state index contributed by atoms with van der Waals surface area (Å²) < 4.78 is 10.9. The Hall–Kier alpha value is -1.54. The van der Waals surface area contributed by atoms with E-state index in [4.69, 9.17) is 4.42 Å². The fraction of sp³-hybridized carbons (Fsp3) is 0.417. The Morgan fingerprint density at radius 3 is 3.05 bits per heavy atom. The molecule has 20 heavy (non-hydrogen) atoms. The molecule has 6 nitrogen and oxygen atoms in total. The van der Waals surface area contributed by atoms with Crippen molar-refractivity contribution in [1.29, 1.82) is 0 Å². The van der Waals surface area contributed by atoms with E-state index in [2.05, 4.69) is 20.3 Å². The highest BCUT2D eigenvalue weighted by Crippen LogP contribution is 2.37. The number of anilines is 1. The molecule has 1 N–H and O–H groups in total. The molecule has 0 aliphatic rings. The highest BCUT2D eigenvalue weighted by atomic mass is 32.2. The van der Waals surface area contributed by atoms with Gasteiger partial charge in [-0.1, -0.05) is 23.1 Å². The van der Waals surface area contributed by atoms with Crippen LogP contribution in [0.3, 0.4) is 0 Å². The van der Waals surface area contributed by atoms with Gasteiger partial charge < -0.3 is 14.5 Å². The molecule has 108 valence electrons. The first-order chi connectivity index (χ1) is 9.63. The molecule has 0 saturated heterocycles. The maximum absolute atomic E-state index is 11.3. The number of esters is 1. The van der Waals surface area contributed by atoms with Crippen molar-refractivity contribution in [2.45, 2.75) is 23.4 Å². The van der Waals surface area contributed by atoms with E-state index in [0.29, 0.717) is 5.76 Å². The summed E-state index contributed by atoms with van der Waals surface area (Å²) in [6, 6.07) is 3.39. The summed E-state index contributed by atoms with van der Waals surface area (Å²) in [6.07, 6.45) is 0. The molecule has 0 aliphatic heterocycles. The summed E-state index contributed by atoms with van der Waals surface area (Å²) in [5, 5.41) is 12.1. The molecule has 0 spiro atoms. The Labute approximate surface area is 124 Å². The van der Waals surface area contributed by atoms with Crippen molar-refractivity contribution in [2.24, 2.45) is 0 Å². The van der Waals surface area contributed by atoms with Gasteiger partial charge in [0.05, 0.1) is 12.4 Å². The van der Waals surface area contributed by atoms with Crippen LogP contribution in [0, 0.1) is 0 Å². The highest BCUT2D eigenvalue weighted by Gasteiger charge is 2.18. The average molecular weight is 313 g/mol. The van der Waals surface area contributed by atoms with Crippen molar-refractivity contribution in [3.63, 3.8) is 0 Å². The van der Waals surface area contributed by atoms with Crippen molar-refractivity contribution in [3.05, 3.63) is 23.7 Å². The SMILES string of the molecule is CCNc1nnc(SC(C)c2ccc(C(=O)OC)o2)s1. The van der Waals surface area contributed by atoms with Crippen molar-refractivity contribution in [3.8, 4) is 0 Å². The Morgan fingerprint density at radius 2 is 2.35 bits per heavy atom. The highest BCUT2D eigenvalue weighted by molar-refractivity contribution is 8.01. The predicted molar refractivity (Wildman–Crippen MR) is 78.4 cm³/mol. The van der Waals surface area contributed by atoms with Gasteiger partial charge in [0.15, 0.2) is 4.34 Å². The number of nitrogens with one attached hydrogen (secondary N) is 1. The average Bonchev–Trinajstić information content (AvgIpc) is 3.07. The molecule has 2 aromatic rings. The molecule has 1 unspecified atom stereocenters. The smallest absolute Gasteiger partial charge is 0.373 e. The van der Waals surface area contributed by atoms with Gasteiger partial charge in [0, 0.05) is 6.54 Å². The third kappa shape index (κ3) is 3.51. The van der Waals surface area contributed by atoms with Crippen LogP contribution in [0.2, 0.25) is 0 Å². The van der Waals surface area contributed by atoms with Crippen LogP contribution in [0.15, 0.2) is 20.9 Å². The van der Waals surface area contributed by atoms with Crippen molar-refractivity contribution < 1.29 is 13.9 Å². The number of hydrogen-bond donors (Lipinski definition) is 1. The predicted octanol–water partition coefficient (Wildman–Crippen LogP) is 3.20. The van der Waals surface area contributed by atoms with Crippen LogP contribution >= 0.6 is 23.1 Å². The van der Waals surface area contributed by atoms with Crippen LogP contribution in [-0.4, -0.2) is 29.8 Å². The number of ether oxygens (including phenoxy) is 1. The third-order valence-electron chi connectivity index (χ3n) is 2.43. The first kappa shape index (κ1) is 14.9. The Kier molecular flexibility index (Phi) is 5.02. The molecule has 0 aliphatic carbocycles. The zero-order chi connectivity index (χ0) is 14.5. The number of rotatable bonds is 6. The second kappa shape index (κ2) is 6.76. The normalized spacial score (nSPS) is 12.2. The van der Waals surface area contributed by atoms with Crippen molar-refractivity contribution in [1.82, 2.24) is 10.2 Å². The van der Waals surface area contributed by atoms with Crippen molar-refractivity contribution in [2.75, 3.05) is 19.0 Å².